The van der Waals surface area contributed by atoms with Gasteiger partial charge in [-0.15, -0.1) is 0 Å². The van der Waals surface area contributed by atoms with E-state index in [2.05, 4.69) is 21.8 Å². The second-order valence-electron chi connectivity index (χ2n) is 6.33. The summed E-state index contributed by atoms with van der Waals surface area (Å²) in [7, 11) is -3.46. The minimum absolute atomic E-state index is 0.0185. The van der Waals surface area contributed by atoms with Gasteiger partial charge < -0.3 is 4.74 Å². The summed E-state index contributed by atoms with van der Waals surface area (Å²) < 4.78 is 35.2. The fourth-order valence-electron chi connectivity index (χ4n) is 3.15. The Kier molecular flexibility index (Phi) is 8.32. The molecule has 25 heavy (non-hydrogen) atoms. The highest BCUT2D eigenvalue weighted by Gasteiger charge is 2.26. The first kappa shape index (κ1) is 20.3. The van der Waals surface area contributed by atoms with Gasteiger partial charge in [0, 0.05) is 38.8 Å². The molecule has 1 aliphatic rings. The number of morpholine rings is 1. The first-order valence-electron chi connectivity index (χ1n) is 9.20. The molecule has 6 nitrogen and oxygen atoms in total. The lowest BCUT2D eigenvalue weighted by molar-refractivity contribution is 0.0171. The molecule has 0 spiro atoms. The first-order chi connectivity index (χ1) is 12.1. The Morgan fingerprint density at radius 3 is 2.28 bits per heavy atom. The molecule has 1 fully saturated rings. The van der Waals surface area contributed by atoms with Crippen molar-refractivity contribution >= 4 is 10.2 Å². The Balaban J connectivity index is 2.10. The monoisotopic (exact) mass is 369 g/mol. The molecule has 0 amide bonds. The molecule has 7 heteroatoms. The number of nitrogens with zero attached hydrogens (tertiary/aromatic N) is 2. The quantitative estimate of drug-likeness (QED) is 0.685. The largest absolute Gasteiger partial charge is 0.379 e. The van der Waals surface area contributed by atoms with Crippen molar-refractivity contribution in [3.05, 3.63) is 35.9 Å². The van der Waals surface area contributed by atoms with E-state index in [-0.39, 0.29) is 6.04 Å². The number of benzene rings is 1. The molecule has 1 aliphatic heterocycles. The van der Waals surface area contributed by atoms with Crippen molar-refractivity contribution in [2.24, 2.45) is 0 Å². The van der Waals surface area contributed by atoms with Gasteiger partial charge in [-0.3, -0.25) is 4.90 Å². The topological polar surface area (TPSA) is 61.9 Å². The summed E-state index contributed by atoms with van der Waals surface area (Å²) in [5.41, 5.74) is 1.13. The summed E-state index contributed by atoms with van der Waals surface area (Å²) in [6.45, 7) is 8.48. The highest BCUT2D eigenvalue weighted by atomic mass is 32.2. The fourth-order valence-corrected chi connectivity index (χ4v) is 4.55. The molecule has 0 unspecified atom stereocenters. The van der Waals surface area contributed by atoms with Crippen molar-refractivity contribution in [3.8, 4) is 0 Å². The standard InChI is InChI=1S/C18H31N3O3S/c1-3-10-21(11-4-2)25(22,23)19-16-18(17-8-6-5-7-9-17)20-12-14-24-15-13-20/h5-9,18-19H,3-4,10-16H2,1-2H3/t18-/m0/s1. The molecule has 0 aromatic heterocycles. The number of rotatable bonds is 10. The lowest BCUT2D eigenvalue weighted by Gasteiger charge is -2.35. The van der Waals surface area contributed by atoms with E-state index in [0.717, 1.165) is 31.5 Å². The van der Waals surface area contributed by atoms with Crippen LogP contribution in [0.25, 0.3) is 0 Å². The molecular formula is C18H31N3O3S. The summed E-state index contributed by atoms with van der Waals surface area (Å²) in [4.78, 5) is 2.30. The van der Waals surface area contributed by atoms with Crippen LogP contribution in [-0.4, -0.2) is 63.6 Å². The van der Waals surface area contributed by atoms with E-state index in [1.54, 1.807) is 4.31 Å². The second-order valence-corrected chi connectivity index (χ2v) is 8.08. The molecule has 0 radical (unpaired) electrons. The van der Waals surface area contributed by atoms with Gasteiger partial charge in [0.1, 0.15) is 0 Å². The molecule has 1 aromatic rings. The van der Waals surface area contributed by atoms with Crippen LogP contribution in [0.3, 0.4) is 0 Å². The smallest absolute Gasteiger partial charge is 0.279 e. The molecular weight excluding hydrogens is 338 g/mol. The van der Waals surface area contributed by atoms with Gasteiger partial charge in [-0.1, -0.05) is 44.2 Å². The third-order valence-corrected chi connectivity index (χ3v) is 5.99. The Morgan fingerprint density at radius 2 is 1.72 bits per heavy atom. The number of nitrogens with one attached hydrogen (secondary N) is 1. The van der Waals surface area contributed by atoms with Crippen LogP contribution in [0.1, 0.15) is 38.3 Å². The maximum Gasteiger partial charge on any atom is 0.279 e. The number of ether oxygens (including phenoxy) is 1. The van der Waals surface area contributed by atoms with Gasteiger partial charge in [0.25, 0.3) is 10.2 Å². The first-order valence-corrected chi connectivity index (χ1v) is 10.6. The molecule has 0 aliphatic carbocycles. The lowest BCUT2D eigenvalue weighted by Crippen LogP contribution is -2.47. The van der Waals surface area contributed by atoms with E-state index in [4.69, 9.17) is 4.74 Å². The summed E-state index contributed by atoms with van der Waals surface area (Å²) in [6, 6.07) is 10.1. The van der Waals surface area contributed by atoms with Crippen LogP contribution < -0.4 is 4.72 Å². The fraction of sp³-hybridized carbons (Fsp3) is 0.667. The average Bonchev–Trinajstić information content (AvgIpc) is 2.63. The van der Waals surface area contributed by atoms with Gasteiger partial charge in [-0.2, -0.15) is 12.7 Å². The van der Waals surface area contributed by atoms with E-state index in [1.807, 2.05) is 32.0 Å². The van der Waals surface area contributed by atoms with Crippen molar-refractivity contribution in [1.82, 2.24) is 13.9 Å². The van der Waals surface area contributed by atoms with Gasteiger partial charge in [-0.25, -0.2) is 4.72 Å². The van der Waals surface area contributed by atoms with Crippen LogP contribution in [0.15, 0.2) is 30.3 Å². The molecule has 1 saturated heterocycles. The highest BCUT2D eigenvalue weighted by Crippen LogP contribution is 2.21. The number of hydrogen-bond acceptors (Lipinski definition) is 4. The van der Waals surface area contributed by atoms with Gasteiger partial charge in [0.05, 0.1) is 13.2 Å². The Morgan fingerprint density at radius 1 is 1.12 bits per heavy atom. The molecule has 1 aromatic carbocycles. The van der Waals surface area contributed by atoms with Crippen molar-refractivity contribution in [1.29, 1.82) is 0 Å². The van der Waals surface area contributed by atoms with E-state index in [0.29, 0.717) is 32.8 Å². The van der Waals surface area contributed by atoms with Crippen LogP contribution in [0.2, 0.25) is 0 Å². The molecule has 1 N–H and O–H groups in total. The van der Waals surface area contributed by atoms with Gasteiger partial charge >= 0.3 is 0 Å². The average molecular weight is 370 g/mol. The van der Waals surface area contributed by atoms with Gasteiger partial charge in [0.2, 0.25) is 0 Å². The van der Waals surface area contributed by atoms with Gasteiger partial charge in [-0.05, 0) is 18.4 Å². The van der Waals surface area contributed by atoms with E-state index < -0.39 is 10.2 Å². The summed E-state index contributed by atoms with van der Waals surface area (Å²) in [5.74, 6) is 0. The van der Waals surface area contributed by atoms with Gasteiger partial charge in [0.15, 0.2) is 0 Å². The second kappa shape index (κ2) is 10.2. The number of hydrogen-bond donors (Lipinski definition) is 1. The maximum atomic E-state index is 12.7. The van der Waals surface area contributed by atoms with Crippen molar-refractivity contribution in [3.63, 3.8) is 0 Å². The van der Waals surface area contributed by atoms with E-state index >= 15 is 0 Å². The highest BCUT2D eigenvalue weighted by molar-refractivity contribution is 7.87. The van der Waals surface area contributed by atoms with E-state index in [9.17, 15) is 8.42 Å². The van der Waals surface area contributed by atoms with Crippen LogP contribution in [-0.2, 0) is 14.9 Å². The minimum Gasteiger partial charge on any atom is -0.379 e. The predicted octanol–water partition coefficient (Wildman–Crippen LogP) is 2.02. The Hall–Kier alpha value is -0.990. The third kappa shape index (κ3) is 6.04. The van der Waals surface area contributed by atoms with E-state index in [1.165, 1.54) is 0 Å². The van der Waals surface area contributed by atoms with Crippen LogP contribution >= 0.6 is 0 Å². The molecule has 2 rings (SSSR count). The molecule has 142 valence electrons. The zero-order valence-corrected chi connectivity index (χ0v) is 16.2. The summed E-state index contributed by atoms with van der Waals surface area (Å²) in [6.07, 6.45) is 1.62. The SMILES string of the molecule is CCCN(CCC)S(=O)(=O)NC[C@@H](c1ccccc1)N1CCOCC1. The van der Waals surface area contributed by atoms with Crippen LogP contribution in [0, 0.1) is 0 Å². The molecule has 0 saturated carbocycles. The Bertz CT molecular complexity index is 583. The van der Waals surface area contributed by atoms with Crippen LogP contribution in [0.5, 0.6) is 0 Å². The van der Waals surface area contributed by atoms with Crippen molar-refractivity contribution in [2.45, 2.75) is 32.7 Å². The van der Waals surface area contributed by atoms with Crippen molar-refractivity contribution in [2.75, 3.05) is 45.9 Å². The summed E-state index contributed by atoms with van der Waals surface area (Å²) >= 11 is 0. The third-order valence-electron chi connectivity index (χ3n) is 4.42. The minimum atomic E-state index is -3.46. The normalized spacial score (nSPS) is 17.7. The van der Waals surface area contributed by atoms with Crippen molar-refractivity contribution < 1.29 is 13.2 Å². The lowest BCUT2D eigenvalue weighted by atomic mass is 10.1. The predicted molar refractivity (Wildman–Crippen MR) is 101 cm³/mol. The molecule has 1 atom stereocenters. The van der Waals surface area contributed by atoms with Crippen LogP contribution in [0.4, 0.5) is 0 Å². The summed E-state index contributed by atoms with van der Waals surface area (Å²) in [5, 5.41) is 0. The molecule has 0 bridgehead atoms. The zero-order chi connectivity index (χ0) is 18.1. The Labute approximate surface area is 152 Å². The molecule has 1 heterocycles. The maximum absolute atomic E-state index is 12.7. The zero-order valence-electron chi connectivity index (χ0n) is 15.4.